The number of nitrogens with two attached hydrogens (primary N) is 3. The lowest BCUT2D eigenvalue weighted by molar-refractivity contribution is 0.682. The smallest absolute Gasteiger partial charge is 0.0871 e. The van der Waals surface area contributed by atoms with Crippen LogP contribution in [0.25, 0.3) is 0 Å². The molecular weight excluding hydrogens is 354 g/mol. The molecule has 2 unspecified atom stereocenters. The molecule has 2 atom stereocenters. The average molecular weight is 371 g/mol. The second kappa shape index (κ2) is 7.08. The van der Waals surface area contributed by atoms with Crippen molar-refractivity contribution in [3.8, 4) is 0 Å². The van der Waals surface area contributed by atoms with E-state index in [0.717, 1.165) is 0 Å². The molecule has 0 aliphatic heterocycles. The molecular formula is C18H17N3O2S2. The molecule has 25 heavy (non-hydrogen) atoms. The Kier molecular flexibility index (Phi) is 4.87. The van der Waals surface area contributed by atoms with Crippen molar-refractivity contribution in [3.05, 3.63) is 66.7 Å². The number of rotatable bonds is 4. The maximum atomic E-state index is 12.8. The van der Waals surface area contributed by atoms with Crippen LogP contribution in [0.1, 0.15) is 0 Å². The van der Waals surface area contributed by atoms with Gasteiger partial charge in [0.05, 0.1) is 37.1 Å². The molecule has 128 valence electrons. The highest BCUT2D eigenvalue weighted by molar-refractivity contribution is 7.86. The van der Waals surface area contributed by atoms with Crippen molar-refractivity contribution >= 4 is 38.7 Å². The van der Waals surface area contributed by atoms with Gasteiger partial charge in [0, 0.05) is 21.2 Å². The van der Waals surface area contributed by atoms with Crippen LogP contribution in [0.2, 0.25) is 0 Å². The summed E-state index contributed by atoms with van der Waals surface area (Å²) in [6.45, 7) is 0. The van der Waals surface area contributed by atoms with Gasteiger partial charge in [-0.15, -0.1) is 0 Å². The summed E-state index contributed by atoms with van der Waals surface area (Å²) in [5, 5.41) is 0. The highest BCUT2D eigenvalue weighted by Gasteiger charge is 2.17. The van der Waals surface area contributed by atoms with Crippen molar-refractivity contribution in [2.75, 3.05) is 17.2 Å². The molecule has 0 aliphatic carbocycles. The predicted molar refractivity (Wildman–Crippen MR) is 102 cm³/mol. The van der Waals surface area contributed by atoms with E-state index in [2.05, 4.69) is 0 Å². The van der Waals surface area contributed by atoms with Gasteiger partial charge in [-0.2, -0.15) is 0 Å². The maximum Gasteiger partial charge on any atom is 0.0871 e. The van der Waals surface area contributed by atoms with Crippen molar-refractivity contribution in [1.29, 1.82) is 0 Å². The summed E-state index contributed by atoms with van der Waals surface area (Å²) in [5.41, 5.74) is 18.9. The van der Waals surface area contributed by atoms with Crippen molar-refractivity contribution in [2.24, 2.45) is 0 Å². The van der Waals surface area contributed by atoms with Crippen LogP contribution in [-0.4, -0.2) is 8.42 Å². The summed E-state index contributed by atoms with van der Waals surface area (Å²) >= 11 is 0. The molecule has 0 spiro atoms. The second-order valence-corrected chi connectivity index (χ2v) is 8.24. The Morgan fingerprint density at radius 2 is 0.920 bits per heavy atom. The van der Waals surface area contributed by atoms with Crippen LogP contribution in [0.4, 0.5) is 17.1 Å². The van der Waals surface area contributed by atoms with Gasteiger partial charge in [0.2, 0.25) is 0 Å². The van der Waals surface area contributed by atoms with Crippen LogP contribution >= 0.6 is 0 Å². The molecule has 0 amide bonds. The Bertz CT molecular complexity index is 879. The minimum Gasteiger partial charge on any atom is -0.399 e. The van der Waals surface area contributed by atoms with E-state index in [1.54, 1.807) is 66.7 Å². The van der Waals surface area contributed by atoms with Crippen molar-refractivity contribution in [1.82, 2.24) is 0 Å². The first-order valence-electron chi connectivity index (χ1n) is 7.40. The SMILES string of the molecule is Nc1ccc(S(=O)c2cccc(S(=O)c3ccc(N)cc3)c2N)cc1. The summed E-state index contributed by atoms with van der Waals surface area (Å²) in [4.78, 5) is 2.00. The second-order valence-electron chi connectivity index (χ2n) is 5.34. The third kappa shape index (κ3) is 3.57. The lowest BCUT2D eigenvalue weighted by Crippen LogP contribution is -2.04. The molecule has 3 rings (SSSR count). The zero-order valence-electron chi connectivity index (χ0n) is 13.2. The van der Waals surface area contributed by atoms with Crippen LogP contribution in [0.3, 0.4) is 0 Å². The zero-order valence-corrected chi connectivity index (χ0v) is 14.8. The maximum absolute atomic E-state index is 12.8. The Hall–Kier alpha value is -2.64. The van der Waals surface area contributed by atoms with Gasteiger partial charge in [0.25, 0.3) is 0 Å². The molecule has 7 heteroatoms. The van der Waals surface area contributed by atoms with E-state index in [-0.39, 0.29) is 5.69 Å². The predicted octanol–water partition coefficient (Wildman–Crippen LogP) is 2.77. The van der Waals surface area contributed by atoms with E-state index in [4.69, 9.17) is 17.2 Å². The van der Waals surface area contributed by atoms with Crippen molar-refractivity contribution in [3.63, 3.8) is 0 Å². The number of para-hydroxylation sites is 1. The molecule has 3 aromatic carbocycles. The van der Waals surface area contributed by atoms with Gasteiger partial charge in [0.1, 0.15) is 0 Å². The summed E-state index contributed by atoms with van der Waals surface area (Å²) in [7, 11) is -2.98. The highest BCUT2D eigenvalue weighted by Crippen LogP contribution is 2.30. The van der Waals surface area contributed by atoms with Gasteiger partial charge in [0.15, 0.2) is 0 Å². The van der Waals surface area contributed by atoms with Crippen LogP contribution < -0.4 is 17.2 Å². The fourth-order valence-corrected chi connectivity index (χ4v) is 4.65. The van der Waals surface area contributed by atoms with Gasteiger partial charge in [-0.05, 0) is 60.7 Å². The largest absolute Gasteiger partial charge is 0.399 e. The molecule has 6 N–H and O–H groups in total. The first-order valence-corrected chi connectivity index (χ1v) is 9.70. The molecule has 3 aromatic rings. The van der Waals surface area contributed by atoms with Crippen molar-refractivity contribution in [2.45, 2.75) is 19.6 Å². The third-order valence-corrected chi connectivity index (χ3v) is 6.53. The first-order chi connectivity index (χ1) is 12.0. The molecule has 5 nitrogen and oxygen atoms in total. The van der Waals surface area contributed by atoms with E-state index in [1.165, 1.54) is 0 Å². The molecule has 0 bridgehead atoms. The van der Waals surface area contributed by atoms with E-state index in [1.807, 2.05) is 0 Å². The quantitative estimate of drug-likeness (QED) is 0.611. The van der Waals surface area contributed by atoms with Crippen LogP contribution in [0.15, 0.2) is 86.3 Å². The molecule has 0 radical (unpaired) electrons. The fourth-order valence-electron chi connectivity index (χ4n) is 2.28. The molecule has 0 aliphatic rings. The molecule has 0 saturated heterocycles. The van der Waals surface area contributed by atoms with Gasteiger partial charge in [-0.3, -0.25) is 0 Å². The van der Waals surface area contributed by atoms with E-state index < -0.39 is 21.6 Å². The van der Waals surface area contributed by atoms with E-state index >= 15 is 0 Å². The van der Waals surface area contributed by atoms with Gasteiger partial charge in [-0.25, -0.2) is 8.42 Å². The summed E-state index contributed by atoms with van der Waals surface area (Å²) in [6.07, 6.45) is 0. The number of hydrogen-bond donors (Lipinski definition) is 3. The average Bonchev–Trinajstić information content (AvgIpc) is 2.62. The molecule has 0 saturated carbocycles. The Morgan fingerprint density at radius 3 is 1.28 bits per heavy atom. The molecule has 0 aromatic heterocycles. The summed E-state index contributed by atoms with van der Waals surface area (Å²) in [5.74, 6) is 0. The lowest BCUT2D eigenvalue weighted by atomic mass is 10.3. The lowest BCUT2D eigenvalue weighted by Gasteiger charge is -2.11. The van der Waals surface area contributed by atoms with Crippen molar-refractivity contribution < 1.29 is 8.42 Å². The number of hydrogen-bond acceptors (Lipinski definition) is 5. The van der Waals surface area contributed by atoms with Crippen LogP contribution in [0.5, 0.6) is 0 Å². The Balaban J connectivity index is 1.99. The number of benzene rings is 3. The Morgan fingerprint density at radius 1 is 0.560 bits per heavy atom. The first kappa shape index (κ1) is 17.2. The Labute approximate surface area is 150 Å². The number of nitrogen functional groups attached to an aromatic ring is 3. The normalized spacial score (nSPS) is 13.3. The molecule has 0 heterocycles. The highest BCUT2D eigenvalue weighted by atomic mass is 32.2. The van der Waals surface area contributed by atoms with Crippen LogP contribution in [0, 0.1) is 0 Å². The fraction of sp³-hybridized carbons (Fsp3) is 0. The summed E-state index contributed by atoms with van der Waals surface area (Å²) in [6, 6.07) is 18.5. The minimum absolute atomic E-state index is 0.257. The van der Waals surface area contributed by atoms with Gasteiger partial charge in [-0.1, -0.05) is 6.07 Å². The zero-order chi connectivity index (χ0) is 18.0. The standard InChI is InChI=1S/C18H17N3O2S2/c19-12-4-8-14(9-5-12)24(22)16-2-1-3-17(18(16)21)25(23)15-10-6-13(20)7-11-15/h1-11H,19-21H2. The van der Waals surface area contributed by atoms with Gasteiger partial charge < -0.3 is 17.2 Å². The minimum atomic E-state index is -1.49. The monoisotopic (exact) mass is 371 g/mol. The van der Waals surface area contributed by atoms with E-state index in [0.29, 0.717) is 31.0 Å². The summed E-state index contributed by atoms with van der Waals surface area (Å²) < 4.78 is 25.6. The molecule has 0 fully saturated rings. The van der Waals surface area contributed by atoms with Gasteiger partial charge >= 0.3 is 0 Å². The van der Waals surface area contributed by atoms with E-state index in [9.17, 15) is 8.42 Å². The number of anilines is 3. The topological polar surface area (TPSA) is 112 Å². The third-order valence-electron chi connectivity index (χ3n) is 3.61. The van der Waals surface area contributed by atoms with Crippen LogP contribution in [-0.2, 0) is 21.6 Å².